The monoisotopic (exact) mass is 289 g/mol. The van der Waals surface area contributed by atoms with E-state index < -0.39 is 0 Å². The zero-order valence-corrected chi connectivity index (χ0v) is 11.8. The molecular weight excluding hydrogens is 273 g/mol. The molecule has 0 amide bonds. The summed E-state index contributed by atoms with van der Waals surface area (Å²) in [5.41, 5.74) is 3.45. The molecule has 2 N–H and O–H groups in total. The van der Waals surface area contributed by atoms with Crippen LogP contribution in [0.4, 0.5) is 4.39 Å². The van der Waals surface area contributed by atoms with Crippen molar-refractivity contribution in [2.24, 2.45) is 5.92 Å². The van der Waals surface area contributed by atoms with Crippen LogP contribution in [0.5, 0.6) is 0 Å². The number of allylic oxidation sites excluding steroid dienone is 1. The number of benzene rings is 1. The lowest BCUT2D eigenvalue weighted by Crippen LogP contribution is -2.55. The lowest BCUT2D eigenvalue weighted by atomic mass is 9.83. The van der Waals surface area contributed by atoms with Crippen LogP contribution in [0, 0.1) is 11.7 Å². The summed E-state index contributed by atoms with van der Waals surface area (Å²) in [5, 5.41) is 7.27. The maximum Gasteiger partial charge on any atom is 0.171 e. The van der Waals surface area contributed by atoms with E-state index in [9.17, 15) is 4.39 Å². The van der Waals surface area contributed by atoms with Crippen LogP contribution >= 0.6 is 12.2 Å². The molecule has 4 aliphatic rings. The minimum Gasteiger partial charge on any atom is -0.371 e. The van der Waals surface area contributed by atoms with Crippen molar-refractivity contribution >= 4 is 17.3 Å². The van der Waals surface area contributed by atoms with E-state index in [1.165, 1.54) is 30.3 Å². The second-order valence-electron chi connectivity index (χ2n) is 5.65. The summed E-state index contributed by atoms with van der Waals surface area (Å²) in [6.45, 7) is 2.18. The van der Waals surface area contributed by atoms with E-state index in [1.54, 1.807) is 12.1 Å². The zero-order valence-electron chi connectivity index (χ0n) is 11.0. The highest BCUT2D eigenvalue weighted by Crippen LogP contribution is 2.41. The molecule has 0 spiro atoms. The Hall–Kier alpha value is -1.62. The molecule has 1 fully saturated rings. The fourth-order valence-corrected chi connectivity index (χ4v) is 3.81. The summed E-state index contributed by atoms with van der Waals surface area (Å²) < 4.78 is 13.5. The van der Waals surface area contributed by atoms with Crippen molar-refractivity contribution in [3.05, 3.63) is 47.0 Å². The SMILES string of the molecule is Fc1cccc([C@@H]2NC(=S)NC3=C2N2CCC3CC2)c1. The van der Waals surface area contributed by atoms with Crippen molar-refractivity contribution in [1.82, 2.24) is 15.5 Å². The number of hydrogen-bond acceptors (Lipinski definition) is 2. The number of hydrogen-bond donors (Lipinski definition) is 2. The van der Waals surface area contributed by atoms with Gasteiger partial charge in [-0.25, -0.2) is 4.39 Å². The third-order valence-electron chi connectivity index (χ3n) is 4.50. The van der Waals surface area contributed by atoms with E-state index >= 15 is 0 Å². The van der Waals surface area contributed by atoms with Gasteiger partial charge in [-0.1, -0.05) is 12.1 Å². The number of nitrogens with zero attached hydrogens (tertiary/aromatic N) is 1. The molecule has 5 heteroatoms. The Bertz CT molecular complexity index is 605. The van der Waals surface area contributed by atoms with E-state index in [1.807, 2.05) is 6.07 Å². The second kappa shape index (κ2) is 4.45. The number of thiocarbonyl (C=S) groups is 1. The van der Waals surface area contributed by atoms with Crippen LogP contribution < -0.4 is 10.6 Å². The Kier molecular flexibility index (Phi) is 2.70. The Morgan fingerprint density at radius 2 is 2.05 bits per heavy atom. The van der Waals surface area contributed by atoms with Crippen LogP contribution in [0.25, 0.3) is 0 Å². The third-order valence-corrected chi connectivity index (χ3v) is 4.72. The summed E-state index contributed by atoms with van der Waals surface area (Å²) in [6, 6.07) is 6.76. The summed E-state index contributed by atoms with van der Waals surface area (Å²) in [4.78, 5) is 2.41. The number of rotatable bonds is 1. The number of fused-ring (bicyclic) bond motifs is 2. The summed E-state index contributed by atoms with van der Waals surface area (Å²) in [7, 11) is 0. The van der Waals surface area contributed by atoms with Crippen molar-refractivity contribution < 1.29 is 4.39 Å². The maximum absolute atomic E-state index is 13.5. The molecule has 0 aliphatic carbocycles. The van der Waals surface area contributed by atoms with Crippen LogP contribution in [0.15, 0.2) is 35.7 Å². The molecule has 4 aliphatic heterocycles. The quantitative estimate of drug-likeness (QED) is 0.776. The van der Waals surface area contributed by atoms with Gasteiger partial charge < -0.3 is 15.5 Å². The van der Waals surface area contributed by atoms with Crippen molar-refractivity contribution in [1.29, 1.82) is 0 Å². The predicted octanol–water partition coefficient (Wildman–Crippen LogP) is 2.28. The van der Waals surface area contributed by atoms with E-state index in [2.05, 4.69) is 15.5 Å². The number of halogens is 1. The molecule has 0 unspecified atom stereocenters. The van der Waals surface area contributed by atoms with Gasteiger partial charge in [0.15, 0.2) is 5.11 Å². The lowest BCUT2D eigenvalue weighted by molar-refractivity contribution is 0.181. The van der Waals surface area contributed by atoms with Crippen LogP contribution in [-0.2, 0) is 0 Å². The first-order chi connectivity index (χ1) is 9.72. The fourth-order valence-electron chi connectivity index (χ4n) is 3.58. The second-order valence-corrected chi connectivity index (χ2v) is 6.05. The van der Waals surface area contributed by atoms with Gasteiger partial charge in [0.2, 0.25) is 0 Å². The molecule has 1 saturated heterocycles. The average Bonchev–Trinajstić information content (AvgIpc) is 2.47. The molecular formula is C15H16FN3S. The Morgan fingerprint density at radius 3 is 2.80 bits per heavy atom. The maximum atomic E-state index is 13.5. The minimum absolute atomic E-state index is 0.0300. The van der Waals surface area contributed by atoms with Gasteiger partial charge in [-0.15, -0.1) is 0 Å². The van der Waals surface area contributed by atoms with Crippen molar-refractivity contribution in [3.63, 3.8) is 0 Å². The first-order valence-corrected chi connectivity index (χ1v) is 7.45. The van der Waals surface area contributed by atoms with E-state index in [4.69, 9.17) is 12.2 Å². The molecule has 4 heterocycles. The molecule has 3 nitrogen and oxygen atoms in total. The Labute approximate surface area is 122 Å². The molecule has 1 aromatic carbocycles. The summed E-state index contributed by atoms with van der Waals surface area (Å²) >= 11 is 5.33. The highest BCUT2D eigenvalue weighted by atomic mass is 32.1. The van der Waals surface area contributed by atoms with Crippen molar-refractivity contribution in [2.75, 3.05) is 13.1 Å². The first-order valence-electron chi connectivity index (χ1n) is 7.04. The van der Waals surface area contributed by atoms with Crippen LogP contribution in [0.1, 0.15) is 24.4 Å². The molecule has 0 saturated carbocycles. The van der Waals surface area contributed by atoms with Crippen LogP contribution in [0.2, 0.25) is 0 Å². The molecule has 104 valence electrons. The van der Waals surface area contributed by atoms with Gasteiger partial charge in [-0.2, -0.15) is 0 Å². The third kappa shape index (κ3) is 1.80. The Morgan fingerprint density at radius 1 is 1.25 bits per heavy atom. The van der Waals surface area contributed by atoms with Gasteiger partial charge >= 0.3 is 0 Å². The molecule has 1 aromatic rings. The zero-order chi connectivity index (χ0) is 13.7. The predicted molar refractivity (Wildman–Crippen MR) is 79.3 cm³/mol. The topological polar surface area (TPSA) is 27.3 Å². The van der Waals surface area contributed by atoms with Crippen molar-refractivity contribution in [2.45, 2.75) is 18.9 Å². The van der Waals surface area contributed by atoms with E-state index in [0.717, 1.165) is 18.7 Å². The van der Waals surface area contributed by atoms with Gasteiger partial charge in [0.1, 0.15) is 5.82 Å². The standard InChI is InChI=1S/C15H16FN3S/c16-11-3-1-2-10(8-11)13-14-12(17-15(20)18-13)9-4-6-19(14)7-5-9/h1-3,8-9,13H,4-7H2,(H2,17,18,20)/t13-/m0/s1. The summed E-state index contributed by atoms with van der Waals surface area (Å²) in [6.07, 6.45) is 2.37. The smallest absolute Gasteiger partial charge is 0.171 e. The molecule has 20 heavy (non-hydrogen) atoms. The van der Waals surface area contributed by atoms with Gasteiger partial charge in [0.05, 0.1) is 11.7 Å². The highest BCUT2D eigenvalue weighted by Gasteiger charge is 2.40. The number of nitrogens with one attached hydrogen (secondary N) is 2. The highest BCUT2D eigenvalue weighted by molar-refractivity contribution is 7.80. The molecule has 0 aromatic heterocycles. The lowest BCUT2D eigenvalue weighted by Gasteiger charge is -2.49. The first kappa shape index (κ1) is 12.1. The average molecular weight is 289 g/mol. The van der Waals surface area contributed by atoms with Gasteiger partial charge in [-0.05, 0) is 42.8 Å². The number of piperidine rings is 1. The molecule has 0 radical (unpaired) electrons. The van der Waals surface area contributed by atoms with Gasteiger partial charge in [0.25, 0.3) is 0 Å². The van der Waals surface area contributed by atoms with E-state index in [-0.39, 0.29) is 11.9 Å². The molecule has 2 bridgehead atoms. The fraction of sp³-hybridized carbons (Fsp3) is 0.400. The van der Waals surface area contributed by atoms with Crippen molar-refractivity contribution in [3.8, 4) is 0 Å². The van der Waals surface area contributed by atoms with Crippen LogP contribution in [0.3, 0.4) is 0 Å². The normalized spacial score (nSPS) is 25.4. The summed E-state index contributed by atoms with van der Waals surface area (Å²) in [5.74, 6) is 0.373. The van der Waals surface area contributed by atoms with Crippen LogP contribution in [-0.4, -0.2) is 23.1 Å². The molecule has 5 rings (SSSR count). The molecule has 1 atom stereocenters. The largest absolute Gasteiger partial charge is 0.371 e. The van der Waals surface area contributed by atoms with E-state index in [0.29, 0.717) is 11.0 Å². The minimum atomic E-state index is -0.202. The Balaban J connectivity index is 1.82. The van der Waals surface area contributed by atoms with Gasteiger partial charge in [0, 0.05) is 24.7 Å². The van der Waals surface area contributed by atoms with Gasteiger partial charge in [-0.3, -0.25) is 0 Å².